The third-order valence-electron chi connectivity index (χ3n) is 2.23. The lowest BCUT2D eigenvalue weighted by Crippen LogP contribution is -2.24. The Morgan fingerprint density at radius 2 is 2.05 bits per heavy atom. The van der Waals surface area contributed by atoms with Crippen LogP contribution in [-0.2, 0) is 0 Å². The van der Waals surface area contributed by atoms with Gasteiger partial charge in [-0.2, -0.15) is 10.5 Å². The first-order valence-corrected chi connectivity index (χ1v) is 6.35. The molecule has 0 fully saturated rings. The van der Waals surface area contributed by atoms with Crippen LogP contribution in [0.1, 0.15) is 5.56 Å². The summed E-state index contributed by atoms with van der Waals surface area (Å²) in [6, 6.07) is 6.33. The highest BCUT2D eigenvalue weighted by Gasteiger charge is 2.20. The van der Waals surface area contributed by atoms with Crippen LogP contribution in [0, 0.1) is 22.7 Å². The predicted octanol–water partition coefficient (Wildman–Crippen LogP) is 2.34. The van der Waals surface area contributed by atoms with E-state index in [-0.39, 0.29) is 16.3 Å². The molecule has 8 heteroatoms. The van der Waals surface area contributed by atoms with E-state index in [1.807, 2.05) is 0 Å². The van der Waals surface area contributed by atoms with E-state index in [4.69, 9.17) is 39.6 Å². The van der Waals surface area contributed by atoms with E-state index in [0.29, 0.717) is 15.1 Å². The average Bonchev–Trinajstić information content (AvgIpc) is 2.42. The number of nitriles is 2. The summed E-state index contributed by atoms with van der Waals surface area (Å²) in [6.07, 6.45) is -1.61. The highest BCUT2D eigenvalue weighted by atomic mass is 79.9. The van der Waals surface area contributed by atoms with E-state index in [2.05, 4.69) is 21.4 Å². The Hall–Kier alpha value is -1.28. The summed E-state index contributed by atoms with van der Waals surface area (Å²) in [4.78, 5) is 0. The zero-order valence-electron chi connectivity index (χ0n) is 9.28. The van der Waals surface area contributed by atoms with Gasteiger partial charge in [0.1, 0.15) is 6.07 Å². The number of hydrogen-bond acceptors (Lipinski definition) is 5. The average molecular weight is 362 g/mol. The van der Waals surface area contributed by atoms with Gasteiger partial charge in [0.25, 0.3) is 0 Å². The van der Waals surface area contributed by atoms with Gasteiger partial charge in [-0.3, -0.25) is 5.84 Å². The molecule has 1 aromatic carbocycles. The molecule has 1 unspecified atom stereocenters. The molecule has 4 N–H and O–H groups in total. The third kappa shape index (κ3) is 3.19. The Labute approximate surface area is 127 Å². The summed E-state index contributed by atoms with van der Waals surface area (Å²) in [6.45, 7) is 0. The van der Waals surface area contributed by atoms with Crippen LogP contribution < -0.4 is 11.3 Å². The van der Waals surface area contributed by atoms with Gasteiger partial charge in [-0.25, -0.2) is 0 Å². The van der Waals surface area contributed by atoms with Gasteiger partial charge >= 0.3 is 0 Å². The van der Waals surface area contributed by atoms with Crippen molar-refractivity contribution in [3.05, 3.63) is 37.8 Å². The second kappa shape index (κ2) is 6.76. The van der Waals surface area contributed by atoms with Crippen LogP contribution in [0.3, 0.4) is 0 Å². The van der Waals surface area contributed by atoms with Gasteiger partial charge in [0.05, 0.1) is 31.9 Å². The molecule has 0 spiro atoms. The molecule has 1 atom stereocenters. The second-order valence-corrected chi connectivity index (χ2v) is 4.88. The zero-order chi connectivity index (χ0) is 14.6. The number of aliphatic hydroxyl groups is 1. The van der Waals surface area contributed by atoms with E-state index in [1.54, 1.807) is 12.1 Å². The van der Waals surface area contributed by atoms with Crippen LogP contribution in [0.15, 0.2) is 22.2 Å². The van der Waals surface area contributed by atoms with E-state index in [9.17, 15) is 5.11 Å². The minimum atomic E-state index is -1.61. The van der Waals surface area contributed by atoms with Crippen molar-refractivity contribution in [2.75, 3.05) is 0 Å². The van der Waals surface area contributed by atoms with Gasteiger partial charge in [0.15, 0.2) is 6.10 Å². The van der Waals surface area contributed by atoms with Crippen molar-refractivity contribution in [2.45, 2.75) is 6.10 Å². The van der Waals surface area contributed by atoms with Gasteiger partial charge in [-0.05, 0) is 28.1 Å². The van der Waals surface area contributed by atoms with Crippen LogP contribution in [0.4, 0.5) is 0 Å². The SMILES string of the molecule is N#C/C(=C(\NN)c1ccc(Cl)c(Br)c1Cl)C(O)C#N. The number of halogens is 3. The number of nitrogens with one attached hydrogen (secondary N) is 1. The van der Waals surface area contributed by atoms with Crippen LogP contribution >= 0.6 is 39.1 Å². The minimum Gasteiger partial charge on any atom is -0.373 e. The molecule has 98 valence electrons. The molecular weight excluding hydrogens is 355 g/mol. The molecule has 0 aromatic heterocycles. The summed E-state index contributed by atoms with van der Waals surface area (Å²) in [5.41, 5.74) is 2.43. The maximum absolute atomic E-state index is 9.48. The number of benzene rings is 1. The molecule has 0 amide bonds. The van der Waals surface area contributed by atoms with Crippen LogP contribution in [0.2, 0.25) is 10.0 Å². The predicted molar refractivity (Wildman–Crippen MR) is 75.6 cm³/mol. The molecule has 0 aliphatic heterocycles. The fraction of sp³-hybridized carbons (Fsp3) is 0.0909. The number of hydrogen-bond donors (Lipinski definition) is 3. The Morgan fingerprint density at radius 1 is 1.42 bits per heavy atom. The topological polar surface area (TPSA) is 106 Å². The van der Waals surface area contributed by atoms with Gasteiger partial charge < -0.3 is 10.5 Å². The third-order valence-corrected chi connectivity index (χ3v) is 4.22. The first-order valence-electron chi connectivity index (χ1n) is 4.80. The van der Waals surface area contributed by atoms with Crippen molar-refractivity contribution in [3.8, 4) is 12.1 Å². The fourth-order valence-electron chi connectivity index (χ4n) is 1.34. The molecule has 0 aliphatic carbocycles. The van der Waals surface area contributed by atoms with E-state index in [1.165, 1.54) is 12.1 Å². The zero-order valence-corrected chi connectivity index (χ0v) is 12.4. The largest absolute Gasteiger partial charge is 0.373 e. The van der Waals surface area contributed by atoms with Crippen molar-refractivity contribution >= 4 is 44.8 Å². The van der Waals surface area contributed by atoms with Gasteiger partial charge in [0.2, 0.25) is 0 Å². The van der Waals surface area contributed by atoms with Gasteiger partial charge in [-0.15, -0.1) is 0 Å². The highest BCUT2D eigenvalue weighted by molar-refractivity contribution is 9.10. The van der Waals surface area contributed by atoms with Crippen molar-refractivity contribution in [3.63, 3.8) is 0 Å². The molecule has 0 saturated carbocycles. The number of nitrogens with two attached hydrogens (primary N) is 1. The van der Waals surface area contributed by atoms with E-state index in [0.717, 1.165) is 0 Å². The van der Waals surface area contributed by atoms with Crippen molar-refractivity contribution in [1.29, 1.82) is 10.5 Å². The van der Waals surface area contributed by atoms with Crippen molar-refractivity contribution in [2.24, 2.45) is 5.84 Å². The maximum atomic E-state index is 9.48. The molecule has 1 aromatic rings. The molecule has 0 aliphatic rings. The Balaban J connectivity index is 3.57. The quantitative estimate of drug-likeness (QED) is 0.252. The smallest absolute Gasteiger partial charge is 0.177 e. The minimum absolute atomic E-state index is 0.0546. The summed E-state index contributed by atoms with van der Waals surface area (Å²) < 4.78 is 0.421. The standard InChI is InChI=1S/C11H7BrCl2N4O/c12-9-7(13)2-1-5(10(9)14)11(18-17)6(3-15)8(19)4-16/h1-2,8,18-19H,17H2/b11-6+. The lowest BCUT2D eigenvalue weighted by molar-refractivity contribution is 0.271. The lowest BCUT2D eigenvalue weighted by Gasteiger charge is -2.14. The summed E-state index contributed by atoms with van der Waals surface area (Å²) >= 11 is 15.1. The molecular formula is C11H7BrCl2N4O. The Kier molecular flexibility index (Phi) is 5.61. The van der Waals surface area contributed by atoms with Crippen LogP contribution in [0.5, 0.6) is 0 Å². The van der Waals surface area contributed by atoms with Gasteiger partial charge in [0, 0.05) is 5.56 Å². The number of nitrogens with zero attached hydrogens (tertiary/aromatic N) is 2. The maximum Gasteiger partial charge on any atom is 0.177 e. The van der Waals surface area contributed by atoms with E-state index < -0.39 is 6.10 Å². The monoisotopic (exact) mass is 360 g/mol. The molecule has 5 nitrogen and oxygen atoms in total. The fourth-order valence-corrected chi connectivity index (χ4v) is 2.15. The molecule has 0 saturated heterocycles. The summed E-state index contributed by atoms with van der Waals surface area (Å²) in [5.74, 6) is 5.34. The summed E-state index contributed by atoms with van der Waals surface area (Å²) in [5, 5.41) is 27.8. The van der Waals surface area contributed by atoms with E-state index >= 15 is 0 Å². The first-order chi connectivity index (χ1) is 8.97. The molecule has 1 rings (SSSR count). The van der Waals surface area contributed by atoms with Crippen molar-refractivity contribution in [1.82, 2.24) is 5.43 Å². The molecule has 19 heavy (non-hydrogen) atoms. The van der Waals surface area contributed by atoms with Crippen LogP contribution in [0.25, 0.3) is 5.70 Å². The number of aliphatic hydroxyl groups excluding tert-OH is 1. The summed E-state index contributed by atoms with van der Waals surface area (Å²) in [7, 11) is 0. The number of hydrazine groups is 1. The molecule has 0 heterocycles. The second-order valence-electron chi connectivity index (χ2n) is 3.30. The normalized spacial score (nSPS) is 13.0. The highest BCUT2D eigenvalue weighted by Crippen LogP contribution is 2.36. The Morgan fingerprint density at radius 3 is 2.53 bits per heavy atom. The first kappa shape index (κ1) is 15.8. The van der Waals surface area contributed by atoms with Crippen molar-refractivity contribution < 1.29 is 5.11 Å². The van der Waals surface area contributed by atoms with Crippen LogP contribution in [-0.4, -0.2) is 11.2 Å². The van der Waals surface area contributed by atoms with Gasteiger partial charge in [-0.1, -0.05) is 23.2 Å². The Bertz CT molecular complexity index is 618. The lowest BCUT2D eigenvalue weighted by atomic mass is 10.0. The molecule has 0 bridgehead atoms. The number of rotatable bonds is 3. The molecule has 0 radical (unpaired) electrons.